The lowest BCUT2D eigenvalue weighted by Gasteiger charge is -2.22. The van der Waals surface area contributed by atoms with Crippen LogP contribution in [-0.2, 0) is 14.3 Å². The summed E-state index contributed by atoms with van der Waals surface area (Å²) in [6.45, 7) is 4.50. The molecule has 1 saturated heterocycles. The van der Waals surface area contributed by atoms with Crippen molar-refractivity contribution in [3.63, 3.8) is 0 Å². The summed E-state index contributed by atoms with van der Waals surface area (Å²) in [7, 11) is 0. The van der Waals surface area contributed by atoms with Gasteiger partial charge >= 0.3 is 5.97 Å². The zero-order valence-electron chi connectivity index (χ0n) is 13.8. The second kappa shape index (κ2) is 8.28. The van der Waals surface area contributed by atoms with Gasteiger partial charge in [0, 0.05) is 23.1 Å². The number of halogens is 1. The van der Waals surface area contributed by atoms with Crippen molar-refractivity contribution in [1.29, 1.82) is 0 Å². The van der Waals surface area contributed by atoms with Crippen molar-refractivity contribution in [3.05, 3.63) is 34.3 Å². The Balaban J connectivity index is 1.85. The molecule has 0 radical (unpaired) electrons. The highest BCUT2D eigenvalue weighted by Gasteiger charge is 2.28. The summed E-state index contributed by atoms with van der Waals surface area (Å²) in [5.74, 6) is -1.18. The molecule has 0 saturated carbocycles. The molecule has 24 heavy (non-hydrogen) atoms. The number of likely N-dealkylation sites (tertiary alicyclic amines) is 1. The number of nitrogens with zero attached hydrogens (tertiary/aromatic N) is 1. The molecule has 6 nitrogen and oxygen atoms in total. The number of esters is 1. The minimum atomic E-state index is -0.845. The molecular formula is C17H21BrN2O4. The first-order chi connectivity index (χ1) is 11.4. The summed E-state index contributed by atoms with van der Waals surface area (Å²) >= 11 is 3.30. The predicted molar refractivity (Wildman–Crippen MR) is 92.4 cm³/mol. The molecule has 0 aliphatic carbocycles. The third-order valence-corrected chi connectivity index (χ3v) is 4.39. The van der Waals surface area contributed by atoms with Crippen molar-refractivity contribution in [3.8, 4) is 0 Å². The first kappa shape index (κ1) is 18.4. The molecule has 1 aromatic carbocycles. The lowest BCUT2D eigenvalue weighted by atomic mass is 10.2. The van der Waals surface area contributed by atoms with Crippen LogP contribution in [0, 0.1) is 0 Å². The van der Waals surface area contributed by atoms with Crippen LogP contribution in [0.4, 0.5) is 0 Å². The van der Waals surface area contributed by atoms with Gasteiger partial charge in [0.2, 0.25) is 0 Å². The Hall–Kier alpha value is -1.89. The fourth-order valence-electron chi connectivity index (χ4n) is 2.46. The van der Waals surface area contributed by atoms with Crippen LogP contribution in [0.5, 0.6) is 0 Å². The van der Waals surface area contributed by atoms with Crippen LogP contribution < -0.4 is 5.32 Å². The van der Waals surface area contributed by atoms with Crippen molar-refractivity contribution >= 4 is 33.7 Å². The van der Waals surface area contributed by atoms with Crippen molar-refractivity contribution in [2.75, 3.05) is 13.1 Å². The molecule has 1 aromatic rings. The number of nitrogens with one attached hydrogen (secondary N) is 1. The summed E-state index contributed by atoms with van der Waals surface area (Å²) in [5.41, 5.74) is 0.444. The zero-order valence-corrected chi connectivity index (χ0v) is 15.3. The average Bonchev–Trinajstić information content (AvgIpc) is 3.08. The number of hydrogen-bond donors (Lipinski definition) is 1. The number of hydrogen-bond acceptors (Lipinski definition) is 4. The van der Waals surface area contributed by atoms with Crippen molar-refractivity contribution in [1.82, 2.24) is 10.2 Å². The van der Waals surface area contributed by atoms with Gasteiger partial charge in [-0.1, -0.05) is 15.9 Å². The summed E-state index contributed by atoms with van der Waals surface area (Å²) in [6.07, 6.45) is 1.11. The van der Waals surface area contributed by atoms with Gasteiger partial charge in [-0.3, -0.25) is 9.59 Å². The van der Waals surface area contributed by atoms with Gasteiger partial charge in [0.1, 0.15) is 6.04 Å². The second-order valence-electron chi connectivity index (χ2n) is 5.81. The smallest absolute Gasteiger partial charge is 0.329 e. The van der Waals surface area contributed by atoms with E-state index in [1.54, 1.807) is 36.1 Å². The third-order valence-electron chi connectivity index (χ3n) is 3.87. The lowest BCUT2D eigenvalue weighted by Crippen LogP contribution is -2.44. The highest BCUT2D eigenvalue weighted by molar-refractivity contribution is 9.10. The lowest BCUT2D eigenvalue weighted by molar-refractivity contribution is -0.159. The molecule has 1 N–H and O–H groups in total. The molecule has 130 valence electrons. The van der Waals surface area contributed by atoms with Gasteiger partial charge in [-0.2, -0.15) is 0 Å². The normalized spacial score (nSPS) is 16.4. The Morgan fingerprint density at radius 2 is 1.71 bits per heavy atom. The summed E-state index contributed by atoms with van der Waals surface area (Å²) in [6, 6.07) is 5.95. The molecule has 0 unspecified atom stereocenters. The standard InChI is InChI=1S/C17H21BrN2O4/c1-11(19-15(21)13-5-7-14(18)8-6-13)17(23)24-12(2)16(22)20-9-3-4-10-20/h5-8,11-12H,3-4,9-10H2,1-2H3,(H,19,21)/t11-,12+/m0/s1. The van der Waals surface area contributed by atoms with Gasteiger partial charge in [0.15, 0.2) is 6.10 Å². The quantitative estimate of drug-likeness (QED) is 0.773. The SMILES string of the molecule is C[C@H](NC(=O)c1ccc(Br)cc1)C(=O)O[C@H](C)C(=O)N1CCCC1. The zero-order chi connectivity index (χ0) is 17.7. The Morgan fingerprint density at radius 1 is 1.12 bits per heavy atom. The van der Waals surface area contributed by atoms with Gasteiger partial charge in [-0.25, -0.2) is 4.79 Å². The van der Waals surface area contributed by atoms with E-state index >= 15 is 0 Å². The maximum atomic E-state index is 12.1. The molecule has 1 heterocycles. The van der Waals surface area contributed by atoms with Crippen LogP contribution in [0.25, 0.3) is 0 Å². The van der Waals surface area contributed by atoms with Crippen molar-refractivity contribution in [2.24, 2.45) is 0 Å². The van der Waals surface area contributed by atoms with Gasteiger partial charge < -0.3 is 15.0 Å². The van der Waals surface area contributed by atoms with Crippen LogP contribution in [0.1, 0.15) is 37.0 Å². The molecule has 1 aliphatic heterocycles. The molecule has 2 amide bonds. The molecule has 0 bridgehead atoms. The van der Waals surface area contributed by atoms with E-state index in [-0.39, 0.29) is 11.8 Å². The van der Waals surface area contributed by atoms with Crippen LogP contribution in [-0.4, -0.2) is 47.9 Å². The monoisotopic (exact) mass is 396 g/mol. The van der Waals surface area contributed by atoms with E-state index in [2.05, 4.69) is 21.2 Å². The summed E-state index contributed by atoms with van der Waals surface area (Å²) in [5, 5.41) is 2.58. The maximum absolute atomic E-state index is 12.1. The Morgan fingerprint density at radius 3 is 2.29 bits per heavy atom. The van der Waals surface area contributed by atoms with Gasteiger partial charge in [-0.05, 0) is 51.0 Å². The molecule has 2 rings (SSSR count). The van der Waals surface area contributed by atoms with Crippen molar-refractivity contribution < 1.29 is 19.1 Å². The highest BCUT2D eigenvalue weighted by Crippen LogP contribution is 2.12. The first-order valence-electron chi connectivity index (χ1n) is 7.94. The average molecular weight is 397 g/mol. The Labute approximate surface area is 149 Å². The van der Waals surface area contributed by atoms with Crippen LogP contribution in [0.3, 0.4) is 0 Å². The number of carbonyl (C=O) groups is 3. The first-order valence-corrected chi connectivity index (χ1v) is 8.73. The highest BCUT2D eigenvalue weighted by atomic mass is 79.9. The van der Waals surface area contributed by atoms with Crippen molar-refractivity contribution in [2.45, 2.75) is 38.8 Å². The summed E-state index contributed by atoms with van der Waals surface area (Å²) in [4.78, 5) is 38.0. The molecule has 0 spiro atoms. The fraction of sp³-hybridized carbons (Fsp3) is 0.471. The van der Waals surface area contributed by atoms with E-state index < -0.39 is 18.1 Å². The molecule has 7 heteroatoms. The van der Waals surface area contributed by atoms with Crippen LogP contribution in [0.2, 0.25) is 0 Å². The van der Waals surface area contributed by atoms with E-state index in [9.17, 15) is 14.4 Å². The van der Waals surface area contributed by atoms with E-state index in [1.165, 1.54) is 6.92 Å². The van der Waals surface area contributed by atoms with Crippen LogP contribution in [0.15, 0.2) is 28.7 Å². The maximum Gasteiger partial charge on any atom is 0.329 e. The van der Waals surface area contributed by atoms with Gasteiger partial charge in [0.25, 0.3) is 11.8 Å². The minimum Gasteiger partial charge on any atom is -0.451 e. The summed E-state index contributed by atoms with van der Waals surface area (Å²) < 4.78 is 6.05. The number of ether oxygens (including phenoxy) is 1. The number of carbonyl (C=O) groups excluding carboxylic acids is 3. The molecule has 2 atom stereocenters. The molecule has 0 aromatic heterocycles. The van der Waals surface area contributed by atoms with E-state index in [1.807, 2.05) is 0 Å². The second-order valence-corrected chi connectivity index (χ2v) is 6.73. The Bertz CT molecular complexity index is 612. The van der Waals surface area contributed by atoms with Gasteiger partial charge in [-0.15, -0.1) is 0 Å². The molecular weight excluding hydrogens is 376 g/mol. The third kappa shape index (κ3) is 4.80. The van der Waals surface area contributed by atoms with E-state index in [4.69, 9.17) is 4.74 Å². The van der Waals surface area contributed by atoms with E-state index in [0.717, 1.165) is 17.3 Å². The molecule has 1 aliphatic rings. The van der Waals surface area contributed by atoms with E-state index in [0.29, 0.717) is 18.7 Å². The minimum absolute atomic E-state index is 0.188. The number of rotatable bonds is 5. The topological polar surface area (TPSA) is 75.7 Å². The number of amides is 2. The molecule has 1 fully saturated rings. The van der Waals surface area contributed by atoms with Crippen LogP contribution >= 0.6 is 15.9 Å². The van der Waals surface area contributed by atoms with Gasteiger partial charge in [0.05, 0.1) is 0 Å². The Kier molecular flexibility index (Phi) is 6.36. The number of benzene rings is 1. The largest absolute Gasteiger partial charge is 0.451 e. The fourth-order valence-corrected chi connectivity index (χ4v) is 2.73. The predicted octanol–water partition coefficient (Wildman–Crippen LogP) is 2.12.